The molecule has 0 saturated carbocycles. The predicted octanol–water partition coefficient (Wildman–Crippen LogP) is 4.58. The van der Waals surface area contributed by atoms with Gasteiger partial charge in [-0.25, -0.2) is 0 Å². The Bertz CT molecular complexity index is 688. The zero-order chi connectivity index (χ0) is 17.0. The maximum atomic E-state index is 12.4. The molecular formula is C18H22ClN3O. The van der Waals surface area contributed by atoms with E-state index in [9.17, 15) is 4.79 Å². The van der Waals surface area contributed by atoms with Gasteiger partial charge in [-0.05, 0) is 51.0 Å². The molecule has 2 aromatic rings. The van der Waals surface area contributed by atoms with Gasteiger partial charge in [0, 0.05) is 19.3 Å². The Morgan fingerprint density at radius 1 is 1.17 bits per heavy atom. The lowest BCUT2D eigenvalue weighted by Gasteiger charge is -2.19. The standard InChI is InChI=1S/C18H22ClN3O/c1-5-22(6-2)18(23)14-9-15(11-20-10-14)21-17-13(4)7-12(3)8-16(17)19/h7-11,21H,5-6H2,1-4H3. The first-order valence-corrected chi connectivity index (χ1v) is 8.12. The topological polar surface area (TPSA) is 45.2 Å². The summed E-state index contributed by atoms with van der Waals surface area (Å²) < 4.78 is 0. The normalized spacial score (nSPS) is 10.5. The van der Waals surface area contributed by atoms with E-state index in [4.69, 9.17) is 11.6 Å². The minimum absolute atomic E-state index is 0.0159. The molecule has 0 fully saturated rings. The molecule has 4 nitrogen and oxygen atoms in total. The molecule has 1 N–H and O–H groups in total. The van der Waals surface area contributed by atoms with E-state index in [1.54, 1.807) is 17.3 Å². The van der Waals surface area contributed by atoms with Crippen molar-refractivity contribution in [3.05, 3.63) is 52.3 Å². The maximum Gasteiger partial charge on any atom is 0.255 e. The van der Waals surface area contributed by atoms with Crippen LogP contribution in [0.1, 0.15) is 35.3 Å². The van der Waals surface area contributed by atoms with Crippen molar-refractivity contribution in [2.24, 2.45) is 0 Å². The van der Waals surface area contributed by atoms with Gasteiger partial charge in [-0.15, -0.1) is 0 Å². The number of anilines is 2. The van der Waals surface area contributed by atoms with Gasteiger partial charge in [0.1, 0.15) is 0 Å². The molecule has 0 aliphatic carbocycles. The van der Waals surface area contributed by atoms with Crippen molar-refractivity contribution in [1.82, 2.24) is 9.88 Å². The lowest BCUT2D eigenvalue weighted by Crippen LogP contribution is -2.30. The maximum absolute atomic E-state index is 12.4. The summed E-state index contributed by atoms with van der Waals surface area (Å²) in [6, 6.07) is 5.78. The van der Waals surface area contributed by atoms with E-state index in [1.165, 1.54) is 0 Å². The Labute approximate surface area is 142 Å². The minimum atomic E-state index is -0.0159. The van der Waals surface area contributed by atoms with Crippen LogP contribution in [0.4, 0.5) is 11.4 Å². The van der Waals surface area contributed by atoms with Crippen LogP contribution in [-0.4, -0.2) is 28.9 Å². The van der Waals surface area contributed by atoms with Gasteiger partial charge < -0.3 is 10.2 Å². The monoisotopic (exact) mass is 331 g/mol. The van der Waals surface area contributed by atoms with Gasteiger partial charge in [-0.2, -0.15) is 0 Å². The van der Waals surface area contributed by atoms with E-state index in [-0.39, 0.29) is 5.91 Å². The van der Waals surface area contributed by atoms with E-state index >= 15 is 0 Å². The van der Waals surface area contributed by atoms with Gasteiger partial charge in [0.2, 0.25) is 0 Å². The lowest BCUT2D eigenvalue weighted by molar-refractivity contribution is 0.0772. The summed E-state index contributed by atoms with van der Waals surface area (Å²) in [7, 11) is 0. The number of hydrogen-bond acceptors (Lipinski definition) is 3. The number of pyridine rings is 1. The molecule has 1 aromatic carbocycles. The molecule has 0 saturated heterocycles. The molecule has 23 heavy (non-hydrogen) atoms. The number of nitrogens with one attached hydrogen (secondary N) is 1. The van der Waals surface area contributed by atoms with E-state index in [2.05, 4.69) is 16.4 Å². The summed E-state index contributed by atoms with van der Waals surface area (Å²) in [4.78, 5) is 18.4. The summed E-state index contributed by atoms with van der Waals surface area (Å²) in [5.74, 6) is -0.0159. The molecule has 122 valence electrons. The van der Waals surface area contributed by atoms with Crippen LogP contribution in [0.5, 0.6) is 0 Å². The summed E-state index contributed by atoms with van der Waals surface area (Å²) in [5.41, 5.74) is 4.32. The van der Waals surface area contributed by atoms with Crippen molar-refractivity contribution in [3.8, 4) is 0 Å². The first-order chi connectivity index (χ1) is 11.0. The number of hydrogen-bond donors (Lipinski definition) is 1. The van der Waals surface area contributed by atoms with Crippen LogP contribution in [0.2, 0.25) is 5.02 Å². The first kappa shape index (κ1) is 17.3. The SMILES string of the molecule is CCN(CC)C(=O)c1cncc(Nc2c(C)cc(C)cc2Cl)c1. The molecule has 0 unspecified atom stereocenters. The molecule has 0 aliphatic heterocycles. The van der Waals surface area contributed by atoms with Gasteiger partial charge in [0.05, 0.1) is 28.2 Å². The number of benzene rings is 1. The van der Waals surface area contributed by atoms with Gasteiger partial charge >= 0.3 is 0 Å². The highest BCUT2D eigenvalue weighted by atomic mass is 35.5. The number of halogens is 1. The van der Waals surface area contributed by atoms with Crippen molar-refractivity contribution >= 4 is 28.9 Å². The second kappa shape index (κ2) is 7.47. The van der Waals surface area contributed by atoms with Crippen molar-refractivity contribution in [2.45, 2.75) is 27.7 Å². The Morgan fingerprint density at radius 3 is 2.48 bits per heavy atom. The van der Waals surface area contributed by atoms with Gasteiger partial charge in [-0.1, -0.05) is 17.7 Å². The summed E-state index contributed by atoms with van der Waals surface area (Å²) in [5, 5.41) is 3.93. The van der Waals surface area contributed by atoms with Crippen LogP contribution < -0.4 is 5.32 Å². The van der Waals surface area contributed by atoms with Crippen molar-refractivity contribution in [2.75, 3.05) is 18.4 Å². The largest absolute Gasteiger partial charge is 0.353 e. The molecule has 1 aromatic heterocycles. The number of aryl methyl sites for hydroxylation is 2. The van der Waals surface area contributed by atoms with Crippen molar-refractivity contribution in [3.63, 3.8) is 0 Å². The molecule has 0 aliphatic rings. The number of amides is 1. The first-order valence-electron chi connectivity index (χ1n) is 7.74. The molecule has 0 spiro atoms. The van der Waals surface area contributed by atoms with Gasteiger partial charge in [0.25, 0.3) is 5.91 Å². The average molecular weight is 332 g/mol. The third-order valence-electron chi connectivity index (χ3n) is 3.74. The fraction of sp³-hybridized carbons (Fsp3) is 0.333. The Morgan fingerprint density at radius 2 is 1.87 bits per heavy atom. The Balaban J connectivity index is 2.29. The summed E-state index contributed by atoms with van der Waals surface area (Å²) >= 11 is 6.32. The van der Waals surface area contributed by atoms with E-state index in [1.807, 2.05) is 39.8 Å². The molecule has 0 radical (unpaired) electrons. The van der Waals surface area contributed by atoms with E-state index in [0.717, 1.165) is 22.5 Å². The molecule has 0 bridgehead atoms. The molecule has 2 rings (SSSR count). The van der Waals surface area contributed by atoms with E-state index < -0.39 is 0 Å². The van der Waals surface area contributed by atoms with Crippen LogP contribution in [0.3, 0.4) is 0 Å². The van der Waals surface area contributed by atoms with Crippen LogP contribution in [-0.2, 0) is 0 Å². The van der Waals surface area contributed by atoms with Gasteiger partial charge in [-0.3, -0.25) is 9.78 Å². The molecule has 5 heteroatoms. The smallest absolute Gasteiger partial charge is 0.255 e. The number of carbonyl (C=O) groups excluding carboxylic acids is 1. The number of rotatable bonds is 5. The third-order valence-corrected chi connectivity index (χ3v) is 4.04. The molecule has 1 amide bonds. The zero-order valence-corrected chi connectivity index (χ0v) is 14.7. The number of nitrogens with zero attached hydrogens (tertiary/aromatic N) is 2. The fourth-order valence-electron chi connectivity index (χ4n) is 2.54. The minimum Gasteiger partial charge on any atom is -0.353 e. The van der Waals surface area contributed by atoms with Crippen LogP contribution in [0.15, 0.2) is 30.6 Å². The highest BCUT2D eigenvalue weighted by molar-refractivity contribution is 6.33. The Hall–Kier alpha value is -2.07. The highest BCUT2D eigenvalue weighted by Gasteiger charge is 2.14. The van der Waals surface area contributed by atoms with Crippen LogP contribution in [0.25, 0.3) is 0 Å². The number of carbonyl (C=O) groups is 1. The van der Waals surface area contributed by atoms with Gasteiger partial charge in [0.15, 0.2) is 0 Å². The second-order valence-electron chi connectivity index (χ2n) is 5.50. The Kier molecular flexibility index (Phi) is 5.61. The highest BCUT2D eigenvalue weighted by Crippen LogP contribution is 2.30. The molecular weight excluding hydrogens is 310 g/mol. The summed E-state index contributed by atoms with van der Waals surface area (Å²) in [6.07, 6.45) is 3.28. The van der Waals surface area contributed by atoms with Crippen LogP contribution >= 0.6 is 11.6 Å². The lowest BCUT2D eigenvalue weighted by atomic mass is 10.1. The average Bonchev–Trinajstić information content (AvgIpc) is 2.52. The quantitative estimate of drug-likeness (QED) is 0.872. The molecule has 1 heterocycles. The fourth-order valence-corrected chi connectivity index (χ4v) is 2.91. The predicted molar refractivity (Wildman–Crippen MR) is 95.7 cm³/mol. The second-order valence-corrected chi connectivity index (χ2v) is 5.91. The molecule has 0 atom stereocenters. The van der Waals surface area contributed by atoms with E-state index in [0.29, 0.717) is 23.7 Å². The zero-order valence-electron chi connectivity index (χ0n) is 14.0. The van der Waals surface area contributed by atoms with Crippen molar-refractivity contribution < 1.29 is 4.79 Å². The third kappa shape index (κ3) is 4.02. The van der Waals surface area contributed by atoms with Crippen molar-refractivity contribution in [1.29, 1.82) is 0 Å². The number of aromatic nitrogens is 1. The summed E-state index contributed by atoms with van der Waals surface area (Å²) in [6.45, 7) is 9.29. The van der Waals surface area contributed by atoms with Crippen LogP contribution in [0, 0.1) is 13.8 Å².